The van der Waals surface area contributed by atoms with Gasteiger partial charge < -0.3 is 14.0 Å². The van der Waals surface area contributed by atoms with Crippen LogP contribution in [-0.2, 0) is 28.2 Å². The summed E-state index contributed by atoms with van der Waals surface area (Å²) in [6.45, 7) is 6.40. The first-order valence-electron chi connectivity index (χ1n) is 5.35. The van der Waals surface area contributed by atoms with Crippen molar-refractivity contribution in [1.29, 1.82) is 0 Å². The molecule has 0 saturated heterocycles. The van der Waals surface area contributed by atoms with E-state index in [1.165, 1.54) is 13.3 Å². The maximum Gasteiger partial charge on any atom is 0.336 e. The van der Waals surface area contributed by atoms with Crippen molar-refractivity contribution in [2.24, 2.45) is 0 Å². The fraction of sp³-hybridized carbons (Fsp3) is 0.800. The van der Waals surface area contributed by atoms with Crippen molar-refractivity contribution in [3.8, 4) is 0 Å². The highest BCUT2D eigenvalue weighted by atomic mass is 31.2. The zero-order valence-electron chi connectivity index (χ0n) is 10.6. The van der Waals surface area contributed by atoms with Crippen molar-refractivity contribution in [1.82, 2.24) is 0 Å². The average Bonchev–Trinajstić information content (AvgIpc) is 2.15. The van der Waals surface area contributed by atoms with E-state index in [1.54, 1.807) is 13.8 Å². The third-order valence-corrected chi connectivity index (χ3v) is 2.35. The highest BCUT2D eigenvalue weighted by Gasteiger charge is 2.29. The van der Waals surface area contributed by atoms with Crippen LogP contribution in [0.3, 0.4) is 0 Å². The van der Waals surface area contributed by atoms with Gasteiger partial charge in [-0.25, -0.2) is 4.79 Å². The summed E-state index contributed by atoms with van der Waals surface area (Å²) in [6, 6.07) is 0. The molecule has 0 amide bonds. The summed E-state index contributed by atoms with van der Waals surface area (Å²) in [5, 5.41) is 0. The molecule has 1 unspecified atom stereocenters. The quantitative estimate of drug-likeness (QED) is 0.512. The van der Waals surface area contributed by atoms with Crippen LogP contribution in [-0.4, -0.2) is 44.6 Å². The van der Waals surface area contributed by atoms with Crippen LogP contribution in [0.2, 0.25) is 0 Å². The Morgan fingerprint density at radius 1 is 1.12 bits per heavy atom. The summed E-state index contributed by atoms with van der Waals surface area (Å²) in [5.74, 6) is -1.29. The monoisotopic (exact) mass is 266 g/mol. The van der Waals surface area contributed by atoms with Gasteiger partial charge in [-0.2, -0.15) is 0 Å². The number of carbonyl (C=O) groups is 2. The molecule has 6 nitrogen and oxygen atoms in total. The van der Waals surface area contributed by atoms with Crippen LogP contribution in [0.1, 0.15) is 20.3 Å². The minimum atomic E-state index is -2.88. The normalized spacial score (nSPS) is 12.9. The molecule has 0 rings (SSSR count). The van der Waals surface area contributed by atoms with Crippen LogP contribution in [0.25, 0.3) is 0 Å². The van der Waals surface area contributed by atoms with Gasteiger partial charge in [0.1, 0.15) is 0 Å². The van der Waals surface area contributed by atoms with E-state index in [1.807, 2.05) is 0 Å². The van der Waals surface area contributed by atoms with Crippen LogP contribution >= 0.6 is 7.37 Å². The van der Waals surface area contributed by atoms with Crippen molar-refractivity contribution in [3.63, 3.8) is 0 Å². The summed E-state index contributed by atoms with van der Waals surface area (Å²) in [6.07, 6.45) is -1.46. The summed E-state index contributed by atoms with van der Waals surface area (Å²) < 4.78 is 26.0. The lowest BCUT2D eigenvalue weighted by Crippen LogP contribution is -2.29. The molecule has 100 valence electrons. The molecule has 0 aliphatic heterocycles. The Labute approximate surface area is 101 Å². The second-order valence-corrected chi connectivity index (χ2v) is 6.32. The molecule has 0 aliphatic rings. The molecule has 0 aromatic carbocycles. The van der Waals surface area contributed by atoms with Gasteiger partial charge in [0.15, 0.2) is 13.5 Å². The molecule has 0 fully saturated rings. The number of ether oxygens (including phenoxy) is 2. The molecule has 0 aromatic rings. The smallest absolute Gasteiger partial charge is 0.336 e. The van der Waals surface area contributed by atoms with Crippen molar-refractivity contribution < 1.29 is 28.2 Å². The third-order valence-electron chi connectivity index (χ3n) is 1.59. The van der Waals surface area contributed by atoms with E-state index in [4.69, 9.17) is 14.0 Å². The van der Waals surface area contributed by atoms with Gasteiger partial charge in [0.25, 0.3) is 0 Å². The second-order valence-electron chi connectivity index (χ2n) is 3.61. The maximum absolute atomic E-state index is 11.5. The van der Waals surface area contributed by atoms with Crippen LogP contribution < -0.4 is 0 Å². The summed E-state index contributed by atoms with van der Waals surface area (Å²) in [7, 11) is -2.88. The number of hydrogen-bond acceptors (Lipinski definition) is 6. The maximum atomic E-state index is 11.5. The predicted molar refractivity (Wildman–Crippen MR) is 62.2 cm³/mol. The first kappa shape index (κ1) is 16.1. The summed E-state index contributed by atoms with van der Waals surface area (Å²) >= 11 is 0. The number of rotatable bonds is 7. The van der Waals surface area contributed by atoms with Gasteiger partial charge in [-0.05, 0) is 13.8 Å². The predicted octanol–water partition coefficient (Wildman–Crippen LogP) is 1.43. The molecule has 1 atom stereocenters. The Balaban J connectivity index is 4.56. The summed E-state index contributed by atoms with van der Waals surface area (Å²) in [5.41, 5.74) is 0. The summed E-state index contributed by atoms with van der Waals surface area (Å²) in [4.78, 5) is 22.7. The molecule has 0 bridgehead atoms. The van der Waals surface area contributed by atoms with Crippen LogP contribution in [0.5, 0.6) is 0 Å². The van der Waals surface area contributed by atoms with Crippen LogP contribution in [0.15, 0.2) is 0 Å². The zero-order chi connectivity index (χ0) is 13.5. The standard InChI is InChI=1S/C10H19O6P/c1-5-14-9(11)7-8(10(12)15-6-2)16-17(3,4)13/h8H,5-7H2,1-4H3. The molecule has 0 aromatic heterocycles. The molecule has 0 saturated carbocycles. The molecule has 0 radical (unpaired) electrons. The molecule has 17 heavy (non-hydrogen) atoms. The highest BCUT2D eigenvalue weighted by Crippen LogP contribution is 2.39. The largest absolute Gasteiger partial charge is 0.466 e. The number of hydrogen-bond donors (Lipinski definition) is 0. The second kappa shape index (κ2) is 7.45. The topological polar surface area (TPSA) is 78.9 Å². The van der Waals surface area contributed by atoms with Crippen molar-refractivity contribution in [3.05, 3.63) is 0 Å². The number of carbonyl (C=O) groups excluding carboxylic acids is 2. The molecule has 0 aliphatic carbocycles. The SMILES string of the molecule is CCOC(=O)CC(OP(C)(C)=O)C(=O)OCC. The molecule has 0 heterocycles. The molecule has 7 heteroatoms. The molecule has 0 N–H and O–H groups in total. The van der Waals surface area contributed by atoms with Crippen molar-refractivity contribution >= 4 is 19.3 Å². The zero-order valence-corrected chi connectivity index (χ0v) is 11.5. The Bertz CT molecular complexity index is 308. The first-order valence-corrected chi connectivity index (χ1v) is 7.87. The Morgan fingerprint density at radius 2 is 1.65 bits per heavy atom. The first-order chi connectivity index (χ1) is 7.80. The van der Waals surface area contributed by atoms with Gasteiger partial charge in [0, 0.05) is 13.3 Å². The number of esters is 2. The molecule has 0 spiro atoms. The van der Waals surface area contributed by atoms with Crippen molar-refractivity contribution in [2.45, 2.75) is 26.4 Å². The van der Waals surface area contributed by atoms with E-state index >= 15 is 0 Å². The van der Waals surface area contributed by atoms with Crippen LogP contribution in [0, 0.1) is 0 Å². The lowest BCUT2D eigenvalue weighted by molar-refractivity contribution is -0.157. The fourth-order valence-electron chi connectivity index (χ4n) is 1.08. The van der Waals surface area contributed by atoms with E-state index in [0.29, 0.717) is 0 Å². The van der Waals surface area contributed by atoms with E-state index in [9.17, 15) is 14.2 Å². The van der Waals surface area contributed by atoms with E-state index in [2.05, 4.69) is 0 Å². The molecular formula is C10H19O6P. The minimum absolute atomic E-state index is 0.166. The van der Waals surface area contributed by atoms with Gasteiger partial charge >= 0.3 is 11.9 Å². The van der Waals surface area contributed by atoms with Gasteiger partial charge in [-0.15, -0.1) is 0 Å². The Hall–Kier alpha value is -0.870. The molecular weight excluding hydrogens is 247 g/mol. The van der Waals surface area contributed by atoms with Crippen LogP contribution in [0.4, 0.5) is 0 Å². The minimum Gasteiger partial charge on any atom is -0.466 e. The highest BCUT2D eigenvalue weighted by molar-refractivity contribution is 7.57. The fourth-order valence-corrected chi connectivity index (χ4v) is 1.85. The van der Waals surface area contributed by atoms with Gasteiger partial charge in [-0.1, -0.05) is 0 Å². The Morgan fingerprint density at radius 3 is 2.06 bits per heavy atom. The van der Waals surface area contributed by atoms with Gasteiger partial charge in [0.2, 0.25) is 0 Å². The van der Waals surface area contributed by atoms with Gasteiger partial charge in [0.05, 0.1) is 19.6 Å². The van der Waals surface area contributed by atoms with E-state index in [-0.39, 0.29) is 19.6 Å². The lowest BCUT2D eigenvalue weighted by Gasteiger charge is -2.18. The third kappa shape index (κ3) is 7.94. The van der Waals surface area contributed by atoms with Gasteiger partial charge in [-0.3, -0.25) is 9.36 Å². The van der Waals surface area contributed by atoms with E-state index < -0.39 is 25.4 Å². The average molecular weight is 266 g/mol. The van der Waals surface area contributed by atoms with E-state index in [0.717, 1.165) is 0 Å². The van der Waals surface area contributed by atoms with Crippen molar-refractivity contribution in [2.75, 3.05) is 26.5 Å². The lowest BCUT2D eigenvalue weighted by atomic mass is 10.2. The Kier molecular flexibility index (Phi) is 7.07.